The molecule has 0 radical (unpaired) electrons. The summed E-state index contributed by atoms with van der Waals surface area (Å²) in [6.07, 6.45) is 86.9. The van der Waals surface area contributed by atoms with Crippen LogP contribution < -0.4 is 5.32 Å². The summed E-state index contributed by atoms with van der Waals surface area (Å²) in [4.78, 5) is 24.5. The number of ether oxygens (including phenoxy) is 1. The third kappa shape index (κ3) is 65.4. The molecule has 0 aromatic rings. The molecule has 1 amide bonds. The quantitative estimate of drug-likeness (QED) is 0.0320. The van der Waals surface area contributed by atoms with E-state index in [0.717, 1.165) is 44.9 Å². The van der Waals surface area contributed by atoms with Gasteiger partial charge >= 0.3 is 5.97 Å². The molecule has 0 saturated carbocycles. The third-order valence-corrected chi connectivity index (χ3v) is 17.0. The van der Waals surface area contributed by atoms with Crippen molar-refractivity contribution in [3.05, 3.63) is 24.3 Å². The van der Waals surface area contributed by atoms with E-state index in [4.69, 9.17) is 4.74 Å². The van der Waals surface area contributed by atoms with Gasteiger partial charge in [0.25, 0.3) is 0 Å². The van der Waals surface area contributed by atoms with Crippen molar-refractivity contribution in [1.82, 2.24) is 5.32 Å². The Morgan fingerprint density at radius 1 is 0.342 bits per heavy atom. The number of esters is 1. The molecule has 2 unspecified atom stereocenters. The lowest BCUT2D eigenvalue weighted by atomic mass is 10.0. The van der Waals surface area contributed by atoms with Gasteiger partial charge in [0.2, 0.25) is 5.91 Å². The van der Waals surface area contributed by atoms with Crippen molar-refractivity contribution >= 4 is 11.9 Å². The summed E-state index contributed by atoms with van der Waals surface area (Å²) in [5.74, 6) is -0.0167. The molecule has 0 aromatic carbocycles. The number of hydrogen-bond acceptors (Lipinski definition) is 5. The van der Waals surface area contributed by atoms with E-state index < -0.39 is 12.1 Å². The normalized spacial score (nSPS) is 12.6. The molecule has 0 rings (SSSR count). The Labute approximate surface area is 494 Å². The molecule has 0 aromatic heterocycles. The van der Waals surface area contributed by atoms with E-state index in [9.17, 15) is 19.8 Å². The molecule has 6 heteroatoms. The number of amides is 1. The van der Waals surface area contributed by atoms with Gasteiger partial charge in [-0.25, -0.2) is 0 Å². The number of rotatable bonds is 68. The summed E-state index contributed by atoms with van der Waals surface area (Å²) >= 11 is 0. The van der Waals surface area contributed by atoms with Crippen LogP contribution in [-0.2, 0) is 14.3 Å². The predicted molar refractivity (Wildman–Crippen MR) is 347 cm³/mol. The average Bonchev–Trinajstić information content (AvgIpc) is 3.45. The lowest BCUT2D eigenvalue weighted by Gasteiger charge is -2.22. The van der Waals surface area contributed by atoms with E-state index in [1.807, 2.05) is 0 Å². The fourth-order valence-corrected chi connectivity index (χ4v) is 11.5. The summed E-state index contributed by atoms with van der Waals surface area (Å²) in [5, 5.41) is 23.2. The van der Waals surface area contributed by atoms with Gasteiger partial charge in [-0.3, -0.25) is 9.59 Å². The number of aliphatic hydroxyl groups is 2. The molecule has 0 fully saturated rings. The van der Waals surface area contributed by atoms with Crippen molar-refractivity contribution in [2.75, 3.05) is 13.2 Å². The monoisotopic (exact) mass is 1110 g/mol. The van der Waals surface area contributed by atoms with E-state index in [1.165, 1.54) is 327 Å². The third-order valence-electron chi connectivity index (χ3n) is 17.0. The molecule has 468 valence electrons. The maximum absolute atomic E-state index is 12.4. The van der Waals surface area contributed by atoms with Crippen molar-refractivity contribution in [3.63, 3.8) is 0 Å². The van der Waals surface area contributed by atoms with Crippen molar-refractivity contribution in [3.8, 4) is 0 Å². The van der Waals surface area contributed by atoms with Gasteiger partial charge in [-0.15, -0.1) is 0 Å². The Balaban J connectivity index is 3.30. The molecule has 0 aliphatic rings. The molecule has 79 heavy (non-hydrogen) atoms. The first-order valence-corrected chi connectivity index (χ1v) is 36.1. The summed E-state index contributed by atoms with van der Waals surface area (Å²) < 4.78 is 5.49. The molecule has 0 aliphatic heterocycles. The van der Waals surface area contributed by atoms with Crippen LogP contribution in [0.4, 0.5) is 0 Å². The lowest BCUT2D eigenvalue weighted by Crippen LogP contribution is -2.45. The minimum Gasteiger partial charge on any atom is -0.466 e. The van der Waals surface area contributed by atoms with Crippen LogP contribution in [-0.4, -0.2) is 47.4 Å². The maximum atomic E-state index is 12.4. The molecule has 6 nitrogen and oxygen atoms in total. The fraction of sp³-hybridized carbons (Fsp3) is 0.918. The Hall–Kier alpha value is -1.66. The predicted octanol–water partition coefficient (Wildman–Crippen LogP) is 23.3. The number of carbonyl (C=O) groups excluding carboxylic acids is 2. The molecule has 0 heterocycles. The van der Waals surface area contributed by atoms with Crippen LogP contribution in [0.3, 0.4) is 0 Å². The van der Waals surface area contributed by atoms with Crippen LogP contribution in [0.2, 0.25) is 0 Å². The van der Waals surface area contributed by atoms with Gasteiger partial charge in [0, 0.05) is 12.8 Å². The number of hydrogen-bond donors (Lipinski definition) is 3. The SMILES string of the molecule is CCCCCCCC/C=C\CCCCCCCC(=O)OCCCCCCCCCCCCCCCCCC/C=C\CCCCCCCCCCCCCCCCCCCC(=O)NC(CO)C(O)CCCCCCCCCCCC. The summed E-state index contributed by atoms with van der Waals surface area (Å²) in [5.41, 5.74) is 0. The zero-order valence-electron chi connectivity index (χ0n) is 53.6. The highest BCUT2D eigenvalue weighted by atomic mass is 16.5. The van der Waals surface area contributed by atoms with E-state index in [-0.39, 0.29) is 18.5 Å². The van der Waals surface area contributed by atoms with Gasteiger partial charge in [0.05, 0.1) is 25.4 Å². The molecule has 0 bridgehead atoms. The van der Waals surface area contributed by atoms with Crippen LogP contribution in [0.25, 0.3) is 0 Å². The zero-order chi connectivity index (χ0) is 57.1. The molecule has 0 saturated heterocycles. The molecular weight excluding hydrogens is 971 g/mol. The van der Waals surface area contributed by atoms with Gasteiger partial charge in [0.1, 0.15) is 0 Å². The average molecular weight is 1110 g/mol. The van der Waals surface area contributed by atoms with Crippen molar-refractivity contribution in [1.29, 1.82) is 0 Å². The highest BCUT2D eigenvalue weighted by Gasteiger charge is 2.20. The first-order valence-electron chi connectivity index (χ1n) is 36.1. The Morgan fingerprint density at radius 3 is 0.899 bits per heavy atom. The van der Waals surface area contributed by atoms with Crippen LogP contribution in [0.1, 0.15) is 406 Å². The number of carbonyl (C=O) groups is 2. The number of aliphatic hydroxyl groups excluding tert-OH is 2. The van der Waals surface area contributed by atoms with Crippen LogP contribution >= 0.6 is 0 Å². The minimum atomic E-state index is -0.659. The number of nitrogens with one attached hydrogen (secondary N) is 1. The maximum Gasteiger partial charge on any atom is 0.305 e. The molecule has 2 atom stereocenters. The minimum absolute atomic E-state index is 0.0140. The van der Waals surface area contributed by atoms with Gasteiger partial charge in [0.15, 0.2) is 0 Å². The highest BCUT2D eigenvalue weighted by molar-refractivity contribution is 5.76. The molecule has 0 spiro atoms. The molecule has 0 aliphatic carbocycles. The largest absolute Gasteiger partial charge is 0.466 e. The topological polar surface area (TPSA) is 95.9 Å². The summed E-state index contributed by atoms with van der Waals surface area (Å²) in [6.45, 7) is 4.96. The van der Waals surface area contributed by atoms with E-state index >= 15 is 0 Å². The van der Waals surface area contributed by atoms with Crippen molar-refractivity contribution in [2.24, 2.45) is 0 Å². The molecular formula is C73H141NO5. The first kappa shape index (κ1) is 77.3. The first-order chi connectivity index (χ1) is 39.0. The Morgan fingerprint density at radius 2 is 0.595 bits per heavy atom. The van der Waals surface area contributed by atoms with Gasteiger partial charge in [-0.1, -0.05) is 340 Å². The van der Waals surface area contributed by atoms with Crippen molar-refractivity contribution < 1.29 is 24.5 Å². The molecule has 3 N–H and O–H groups in total. The smallest absolute Gasteiger partial charge is 0.305 e. The van der Waals surface area contributed by atoms with E-state index in [2.05, 4.69) is 43.5 Å². The Kier molecular flexibility index (Phi) is 67.4. The van der Waals surface area contributed by atoms with E-state index in [1.54, 1.807) is 0 Å². The van der Waals surface area contributed by atoms with E-state index in [0.29, 0.717) is 25.9 Å². The lowest BCUT2D eigenvalue weighted by molar-refractivity contribution is -0.143. The second kappa shape index (κ2) is 68.8. The highest BCUT2D eigenvalue weighted by Crippen LogP contribution is 2.19. The van der Waals surface area contributed by atoms with Gasteiger partial charge in [-0.2, -0.15) is 0 Å². The standard InChI is InChI=1S/C73H141NO5/c1-3-5-7-9-11-13-15-16-40-44-47-51-55-59-63-67-73(78)79-68-64-60-56-52-48-45-42-39-37-35-33-31-29-27-25-23-21-19-17-18-20-22-24-26-28-30-32-34-36-38-41-43-46-50-54-58-62-66-72(77)74-70(69-75)71(76)65-61-57-53-49-14-12-10-8-6-4-2/h16-17,19,40,70-71,75-76H,3-15,18,20-39,41-69H2,1-2H3,(H,74,77)/b19-17-,40-16-. The van der Waals surface area contributed by atoms with Crippen LogP contribution in [0.5, 0.6) is 0 Å². The second-order valence-electron chi connectivity index (χ2n) is 24.9. The second-order valence-corrected chi connectivity index (χ2v) is 24.9. The zero-order valence-corrected chi connectivity index (χ0v) is 53.6. The van der Waals surface area contributed by atoms with Gasteiger partial charge in [-0.05, 0) is 77.0 Å². The van der Waals surface area contributed by atoms with Gasteiger partial charge < -0.3 is 20.3 Å². The fourth-order valence-electron chi connectivity index (χ4n) is 11.5. The number of allylic oxidation sites excluding steroid dienone is 4. The van der Waals surface area contributed by atoms with Crippen LogP contribution in [0, 0.1) is 0 Å². The summed E-state index contributed by atoms with van der Waals surface area (Å²) in [6, 6.07) is -0.536. The van der Waals surface area contributed by atoms with Crippen molar-refractivity contribution in [2.45, 2.75) is 418 Å². The summed E-state index contributed by atoms with van der Waals surface area (Å²) in [7, 11) is 0. The van der Waals surface area contributed by atoms with Crippen LogP contribution in [0.15, 0.2) is 24.3 Å². The Bertz CT molecular complexity index is 1230. The number of unbranched alkanes of at least 4 members (excludes halogenated alkanes) is 53.